The quantitative estimate of drug-likeness (QED) is 0.483. The second-order valence-corrected chi connectivity index (χ2v) is 7.94. The van der Waals surface area contributed by atoms with Crippen LogP contribution in [0.15, 0.2) is 48.5 Å². The highest BCUT2D eigenvalue weighted by Crippen LogP contribution is 2.43. The van der Waals surface area contributed by atoms with Gasteiger partial charge in [0, 0.05) is 21.2 Å². The van der Waals surface area contributed by atoms with Gasteiger partial charge in [0.1, 0.15) is 12.2 Å². The van der Waals surface area contributed by atoms with Gasteiger partial charge in [0.25, 0.3) is 0 Å². The summed E-state index contributed by atoms with van der Waals surface area (Å²) < 4.78 is 5.09. The predicted octanol–water partition coefficient (Wildman–Crippen LogP) is 2.82. The average molecular weight is 446 g/mol. The third-order valence-electron chi connectivity index (χ3n) is 4.45. The maximum atomic E-state index is 12.9. The van der Waals surface area contributed by atoms with Crippen molar-refractivity contribution in [3.8, 4) is 0 Å². The van der Waals surface area contributed by atoms with Crippen LogP contribution in [-0.4, -0.2) is 49.9 Å². The van der Waals surface area contributed by atoms with E-state index in [9.17, 15) is 24.9 Å². The Bertz CT molecular complexity index is 897. The number of carbonyl (C=O) groups excluding carboxylic acids is 2. The Morgan fingerprint density at radius 1 is 0.964 bits per heavy atom. The molecular weight excluding hydrogens is 431 g/mol. The first-order valence-corrected chi connectivity index (χ1v) is 9.26. The van der Waals surface area contributed by atoms with E-state index in [4.69, 9.17) is 39.5 Å². The van der Waals surface area contributed by atoms with E-state index in [1.807, 2.05) is 0 Å². The van der Waals surface area contributed by atoms with Crippen molar-refractivity contribution in [3.63, 3.8) is 0 Å². The van der Waals surface area contributed by atoms with Gasteiger partial charge in [-0.3, -0.25) is 9.59 Å². The minimum atomic E-state index is -2.45. The second kappa shape index (κ2) is 7.72. The first kappa shape index (κ1) is 21.2. The van der Waals surface area contributed by atoms with Crippen molar-refractivity contribution >= 4 is 46.4 Å². The van der Waals surface area contributed by atoms with Crippen molar-refractivity contribution in [2.75, 3.05) is 0 Å². The number of carbonyl (C=O) groups is 2. The van der Waals surface area contributed by atoms with Crippen molar-refractivity contribution in [3.05, 3.63) is 69.7 Å². The number of hydrogen-bond donors (Lipinski definition) is 3. The van der Waals surface area contributed by atoms with Crippen LogP contribution >= 0.6 is 34.8 Å². The number of ketones is 2. The van der Waals surface area contributed by atoms with Gasteiger partial charge in [-0.2, -0.15) is 0 Å². The Morgan fingerprint density at radius 3 is 1.93 bits per heavy atom. The maximum absolute atomic E-state index is 12.9. The van der Waals surface area contributed by atoms with Gasteiger partial charge in [-0.15, -0.1) is 0 Å². The van der Waals surface area contributed by atoms with E-state index in [2.05, 4.69) is 0 Å². The van der Waals surface area contributed by atoms with Crippen LogP contribution in [0.25, 0.3) is 0 Å². The summed E-state index contributed by atoms with van der Waals surface area (Å²) >= 11 is 17.4. The molecule has 3 rings (SSSR count). The fourth-order valence-electron chi connectivity index (χ4n) is 3.08. The summed E-state index contributed by atoms with van der Waals surface area (Å²) in [5.74, 6) is -1.72. The Labute approximate surface area is 175 Å². The van der Waals surface area contributed by atoms with Crippen LogP contribution in [0.2, 0.25) is 10.0 Å². The minimum absolute atomic E-state index is 0.0426. The predicted molar refractivity (Wildman–Crippen MR) is 103 cm³/mol. The molecule has 4 atom stereocenters. The zero-order valence-electron chi connectivity index (χ0n) is 14.2. The smallest absolute Gasteiger partial charge is 0.249 e. The lowest BCUT2D eigenvalue weighted by molar-refractivity contribution is -0.154. The molecule has 28 heavy (non-hydrogen) atoms. The monoisotopic (exact) mass is 444 g/mol. The lowest BCUT2D eigenvalue weighted by atomic mass is 9.82. The van der Waals surface area contributed by atoms with Crippen LogP contribution in [0.3, 0.4) is 0 Å². The third kappa shape index (κ3) is 4.09. The molecule has 2 aromatic rings. The summed E-state index contributed by atoms with van der Waals surface area (Å²) in [5, 5.41) is 29.9. The Balaban J connectivity index is 1.94. The van der Waals surface area contributed by atoms with Gasteiger partial charge in [-0.25, -0.2) is 0 Å². The van der Waals surface area contributed by atoms with Crippen molar-refractivity contribution in [2.45, 2.75) is 29.5 Å². The molecule has 3 N–H and O–H groups in total. The number of aliphatic hydroxyl groups is 3. The fraction of sp³-hybridized carbons (Fsp3) is 0.263. The number of benzene rings is 2. The molecule has 1 fully saturated rings. The first-order chi connectivity index (χ1) is 13.0. The first-order valence-electron chi connectivity index (χ1n) is 8.13. The van der Waals surface area contributed by atoms with Gasteiger partial charge in [0.15, 0.2) is 17.2 Å². The van der Waals surface area contributed by atoms with Gasteiger partial charge >= 0.3 is 0 Å². The number of ether oxygens (including phenoxy) is 1. The molecule has 0 radical (unpaired) electrons. The van der Waals surface area contributed by atoms with Crippen molar-refractivity contribution in [1.29, 1.82) is 0 Å². The molecule has 0 saturated carbocycles. The summed E-state index contributed by atoms with van der Waals surface area (Å²) in [6.45, 7) is 0. The topological polar surface area (TPSA) is 104 Å². The number of halogens is 3. The van der Waals surface area contributed by atoms with E-state index in [0.717, 1.165) is 0 Å². The molecule has 2 aromatic carbocycles. The minimum Gasteiger partial charge on any atom is -0.382 e. The lowest BCUT2D eigenvalue weighted by Gasteiger charge is -2.29. The standard InChI is InChI=1S/C19H15Cl3O6/c20-12-5-1-10(2-6-12)14(23)15(24)17-18(26,9-19(22,27)28-17)16(25)11-3-7-13(21)8-4-11/h1-8,15,17,24,26-27H,9H2/t15?,17-,18-,19-/m1/s1. The fourth-order valence-corrected chi connectivity index (χ4v) is 3.63. The summed E-state index contributed by atoms with van der Waals surface area (Å²) in [5.41, 5.74) is -2.33. The highest BCUT2D eigenvalue weighted by molar-refractivity contribution is 6.31. The van der Waals surface area contributed by atoms with Crippen LogP contribution < -0.4 is 0 Å². The van der Waals surface area contributed by atoms with Crippen LogP contribution in [0.5, 0.6) is 0 Å². The summed E-state index contributed by atoms with van der Waals surface area (Å²) in [6.07, 6.45) is -4.53. The van der Waals surface area contributed by atoms with Crippen molar-refractivity contribution in [1.82, 2.24) is 0 Å². The van der Waals surface area contributed by atoms with Crippen molar-refractivity contribution < 1.29 is 29.6 Å². The number of hydrogen-bond acceptors (Lipinski definition) is 6. The van der Waals surface area contributed by atoms with Crippen LogP contribution in [0, 0.1) is 0 Å². The highest BCUT2D eigenvalue weighted by Gasteiger charge is 2.61. The van der Waals surface area contributed by atoms with E-state index in [0.29, 0.717) is 10.0 Å². The molecule has 0 bridgehead atoms. The molecule has 148 valence electrons. The van der Waals surface area contributed by atoms with Crippen molar-refractivity contribution in [2.24, 2.45) is 0 Å². The second-order valence-electron chi connectivity index (χ2n) is 6.48. The van der Waals surface area contributed by atoms with Crippen LogP contribution in [0.4, 0.5) is 0 Å². The van der Waals surface area contributed by atoms with E-state index in [1.54, 1.807) is 0 Å². The van der Waals surface area contributed by atoms with Gasteiger partial charge in [-0.05, 0) is 48.5 Å². The van der Waals surface area contributed by atoms with Gasteiger partial charge in [-0.1, -0.05) is 34.8 Å². The summed E-state index contributed by atoms with van der Waals surface area (Å²) in [6, 6.07) is 11.2. The average Bonchev–Trinajstić information content (AvgIpc) is 2.91. The van der Waals surface area contributed by atoms with Crippen LogP contribution in [0.1, 0.15) is 27.1 Å². The zero-order valence-corrected chi connectivity index (χ0v) is 16.4. The molecule has 0 aromatic heterocycles. The van der Waals surface area contributed by atoms with E-state index in [-0.39, 0.29) is 11.1 Å². The molecule has 1 saturated heterocycles. The number of aliphatic hydroxyl groups excluding tert-OH is 1. The number of rotatable bonds is 5. The lowest BCUT2D eigenvalue weighted by Crippen LogP contribution is -2.53. The zero-order chi connectivity index (χ0) is 20.7. The highest BCUT2D eigenvalue weighted by atomic mass is 35.5. The Kier molecular flexibility index (Phi) is 5.85. The molecule has 9 heteroatoms. The molecular formula is C19H15Cl3O6. The van der Waals surface area contributed by atoms with E-state index in [1.165, 1.54) is 48.5 Å². The van der Waals surface area contributed by atoms with E-state index >= 15 is 0 Å². The molecule has 1 aliphatic heterocycles. The summed E-state index contributed by atoms with van der Waals surface area (Å²) in [4.78, 5) is 25.5. The molecule has 0 spiro atoms. The molecule has 1 heterocycles. The van der Waals surface area contributed by atoms with Crippen LogP contribution in [-0.2, 0) is 4.74 Å². The molecule has 0 amide bonds. The molecule has 0 aliphatic carbocycles. The molecule has 6 nitrogen and oxygen atoms in total. The normalized spacial score (nSPS) is 28.1. The number of Topliss-reactive ketones (excluding diaryl/α,β-unsaturated/α-hetero) is 2. The maximum Gasteiger partial charge on any atom is 0.249 e. The Morgan fingerprint density at radius 2 is 1.43 bits per heavy atom. The van der Waals surface area contributed by atoms with E-state index < -0.39 is 41.0 Å². The van der Waals surface area contributed by atoms with Gasteiger partial charge < -0.3 is 20.1 Å². The third-order valence-corrected chi connectivity index (χ3v) is 5.18. The molecule has 1 aliphatic rings. The van der Waals surface area contributed by atoms with Gasteiger partial charge in [0.2, 0.25) is 5.25 Å². The SMILES string of the molecule is O=C(c1ccc(Cl)cc1)C(O)[C@H]1O[C@@](O)(Cl)C[C@@]1(O)C(=O)c1ccc(Cl)cc1. The molecule has 1 unspecified atom stereocenters. The Hall–Kier alpha value is -1.51. The largest absolute Gasteiger partial charge is 0.382 e. The number of alkyl halides is 1. The summed E-state index contributed by atoms with van der Waals surface area (Å²) in [7, 11) is 0. The van der Waals surface area contributed by atoms with Gasteiger partial charge in [0.05, 0.1) is 6.42 Å².